The van der Waals surface area contributed by atoms with Gasteiger partial charge in [-0.15, -0.1) is 0 Å². The topological polar surface area (TPSA) is 79.4 Å². The Hall–Kier alpha value is -1.54. The van der Waals surface area contributed by atoms with Crippen LogP contribution in [0.1, 0.15) is 17.4 Å². The quantitative estimate of drug-likeness (QED) is 0.771. The van der Waals surface area contributed by atoms with Crippen molar-refractivity contribution in [3.63, 3.8) is 0 Å². The predicted octanol–water partition coefficient (Wildman–Crippen LogP) is 3.16. The zero-order valence-corrected chi connectivity index (χ0v) is 14.6. The van der Waals surface area contributed by atoms with Gasteiger partial charge in [0.25, 0.3) is 0 Å². The summed E-state index contributed by atoms with van der Waals surface area (Å²) < 4.78 is 13.3. The summed E-state index contributed by atoms with van der Waals surface area (Å²) in [5.74, 6) is 0.298. The Morgan fingerprint density at radius 1 is 1.38 bits per heavy atom. The molecule has 21 heavy (non-hydrogen) atoms. The van der Waals surface area contributed by atoms with Crippen molar-refractivity contribution in [2.24, 2.45) is 0 Å². The molecule has 0 aliphatic heterocycles. The largest absolute Gasteiger partial charge is 0.495 e. The maximum absolute atomic E-state index is 11.8. The van der Waals surface area contributed by atoms with Gasteiger partial charge in [0, 0.05) is 10.5 Å². The molecule has 0 unspecified atom stereocenters. The number of hydrogen-bond donors (Lipinski definition) is 1. The summed E-state index contributed by atoms with van der Waals surface area (Å²) in [5, 5.41) is 0. The zero-order chi connectivity index (χ0) is 15.6. The van der Waals surface area contributed by atoms with Gasteiger partial charge in [0.15, 0.2) is 5.69 Å². The number of aromatic nitrogens is 2. The van der Waals surface area contributed by atoms with Gasteiger partial charge in [-0.05, 0) is 44.8 Å². The Labute approximate surface area is 138 Å². The third-order valence-electron chi connectivity index (χ3n) is 2.75. The smallest absolute Gasteiger partial charge is 0.360 e. The molecule has 1 aromatic heterocycles. The van der Waals surface area contributed by atoms with Crippen molar-refractivity contribution in [1.29, 1.82) is 0 Å². The number of hydrogen-bond acceptors (Lipinski definition) is 5. The Morgan fingerprint density at radius 2 is 2.10 bits per heavy atom. The summed E-state index contributed by atoms with van der Waals surface area (Å²) in [6.07, 6.45) is 1.47. The minimum absolute atomic E-state index is 0.0886. The van der Waals surface area contributed by atoms with Crippen molar-refractivity contribution in [2.75, 3.05) is 19.5 Å². The van der Waals surface area contributed by atoms with E-state index in [9.17, 15) is 4.79 Å². The van der Waals surface area contributed by atoms with Crippen LogP contribution in [0.15, 0.2) is 27.4 Å². The molecule has 1 heterocycles. The van der Waals surface area contributed by atoms with Crippen LogP contribution >= 0.6 is 31.9 Å². The average molecular weight is 419 g/mol. The van der Waals surface area contributed by atoms with Crippen LogP contribution in [0.3, 0.4) is 0 Å². The summed E-state index contributed by atoms with van der Waals surface area (Å²) >= 11 is 6.85. The molecule has 2 N–H and O–H groups in total. The summed E-state index contributed by atoms with van der Waals surface area (Å²) in [4.78, 5) is 15.8. The van der Waals surface area contributed by atoms with E-state index in [2.05, 4.69) is 36.8 Å². The van der Waals surface area contributed by atoms with E-state index in [0.29, 0.717) is 11.4 Å². The Morgan fingerprint density at radius 3 is 2.71 bits per heavy atom. The number of rotatable bonds is 4. The fraction of sp³-hybridized carbons (Fsp3) is 0.231. The maximum atomic E-state index is 11.8. The van der Waals surface area contributed by atoms with Gasteiger partial charge in [-0.25, -0.2) is 9.78 Å². The highest BCUT2D eigenvalue weighted by Crippen LogP contribution is 2.34. The van der Waals surface area contributed by atoms with Crippen LogP contribution in [-0.4, -0.2) is 29.2 Å². The van der Waals surface area contributed by atoms with Gasteiger partial charge in [-0.1, -0.05) is 0 Å². The summed E-state index contributed by atoms with van der Waals surface area (Å²) in [5.41, 5.74) is 6.78. The second kappa shape index (κ2) is 6.48. The molecule has 0 fully saturated rings. The SMILES string of the molecule is CCOC(=O)c1ncn(-c2cc(OC)c(Br)cc2Br)c1N. The summed E-state index contributed by atoms with van der Waals surface area (Å²) in [7, 11) is 1.57. The molecule has 112 valence electrons. The number of anilines is 1. The lowest BCUT2D eigenvalue weighted by molar-refractivity contribution is 0.0521. The van der Waals surface area contributed by atoms with E-state index in [1.807, 2.05) is 6.07 Å². The van der Waals surface area contributed by atoms with Crippen LogP contribution in [0.4, 0.5) is 5.82 Å². The molecule has 2 rings (SSSR count). The highest BCUT2D eigenvalue weighted by atomic mass is 79.9. The highest BCUT2D eigenvalue weighted by molar-refractivity contribution is 9.11. The first-order valence-corrected chi connectivity index (χ1v) is 7.61. The summed E-state index contributed by atoms with van der Waals surface area (Å²) in [6, 6.07) is 3.61. The first-order chi connectivity index (χ1) is 9.99. The first kappa shape index (κ1) is 15.8. The average Bonchev–Trinajstić information content (AvgIpc) is 2.81. The lowest BCUT2D eigenvalue weighted by Crippen LogP contribution is -2.09. The Bertz CT molecular complexity index is 686. The molecule has 0 aliphatic carbocycles. The van der Waals surface area contributed by atoms with Crippen molar-refractivity contribution >= 4 is 43.6 Å². The molecule has 0 aliphatic rings. The third-order valence-corrected chi connectivity index (χ3v) is 4.01. The van der Waals surface area contributed by atoms with Gasteiger partial charge in [0.1, 0.15) is 17.9 Å². The Kier molecular flexibility index (Phi) is 4.89. The fourth-order valence-corrected chi connectivity index (χ4v) is 3.11. The van der Waals surface area contributed by atoms with E-state index in [1.165, 1.54) is 6.33 Å². The van der Waals surface area contributed by atoms with Crippen LogP contribution in [-0.2, 0) is 4.74 Å². The molecule has 0 radical (unpaired) electrons. The van der Waals surface area contributed by atoms with Gasteiger partial charge < -0.3 is 15.2 Å². The minimum Gasteiger partial charge on any atom is -0.495 e. The zero-order valence-electron chi connectivity index (χ0n) is 11.4. The predicted molar refractivity (Wildman–Crippen MR) is 85.9 cm³/mol. The van der Waals surface area contributed by atoms with E-state index < -0.39 is 5.97 Å². The number of ether oxygens (including phenoxy) is 2. The highest BCUT2D eigenvalue weighted by Gasteiger charge is 2.19. The second-order valence-electron chi connectivity index (χ2n) is 4.01. The van der Waals surface area contributed by atoms with Gasteiger partial charge in [0.2, 0.25) is 0 Å². The van der Waals surface area contributed by atoms with Crippen molar-refractivity contribution in [2.45, 2.75) is 6.92 Å². The lowest BCUT2D eigenvalue weighted by atomic mass is 10.3. The van der Waals surface area contributed by atoms with Gasteiger partial charge in [-0.2, -0.15) is 0 Å². The van der Waals surface area contributed by atoms with E-state index >= 15 is 0 Å². The van der Waals surface area contributed by atoms with Crippen molar-refractivity contribution in [1.82, 2.24) is 9.55 Å². The van der Waals surface area contributed by atoms with Crippen LogP contribution in [0.5, 0.6) is 5.75 Å². The van der Waals surface area contributed by atoms with Crippen molar-refractivity contribution in [3.8, 4) is 11.4 Å². The molecule has 0 saturated heterocycles. The van der Waals surface area contributed by atoms with Gasteiger partial charge in [-0.3, -0.25) is 4.57 Å². The van der Waals surface area contributed by atoms with E-state index in [4.69, 9.17) is 15.2 Å². The molecule has 0 amide bonds. The molecule has 0 bridgehead atoms. The maximum Gasteiger partial charge on any atom is 0.360 e. The molecule has 1 aromatic carbocycles. The number of carbonyl (C=O) groups excluding carboxylic acids is 1. The van der Waals surface area contributed by atoms with Crippen molar-refractivity contribution < 1.29 is 14.3 Å². The van der Waals surface area contributed by atoms with Crippen LogP contribution in [0.2, 0.25) is 0 Å². The number of imidazole rings is 1. The van der Waals surface area contributed by atoms with Crippen LogP contribution in [0, 0.1) is 0 Å². The van der Waals surface area contributed by atoms with Gasteiger partial charge >= 0.3 is 5.97 Å². The molecule has 0 spiro atoms. The number of esters is 1. The molecule has 8 heteroatoms. The van der Waals surface area contributed by atoms with E-state index in [0.717, 1.165) is 8.95 Å². The van der Waals surface area contributed by atoms with Crippen LogP contribution in [0.25, 0.3) is 5.69 Å². The van der Waals surface area contributed by atoms with Gasteiger partial charge in [0.05, 0.1) is 23.9 Å². The summed E-state index contributed by atoms with van der Waals surface area (Å²) in [6.45, 7) is 1.99. The molecule has 0 atom stereocenters. The standard InChI is InChI=1S/C13H13Br2N3O3/c1-3-21-13(19)11-12(16)18(6-17-11)9-5-10(20-2)8(15)4-7(9)14/h4-6H,3,16H2,1-2H3. The molecular formula is C13H13Br2N3O3. The molecule has 6 nitrogen and oxygen atoms in total. The normalized spacial score (nSPS) is 10.5. The number of nitrogens with two attached hydrogens (primary N) is 1. The number of nitrogens with zero attached hydrogens (tertiary/aromatic N) is 2. The third kappa shape index (κ3) is 3.06. The fourth-order valence-electron chi connectivity index (χ4n) is 1.77. The first-order valence-electron chi connectivity index (χ1n) is 6.02. The lowest BCUT2D eigenvalue weighted by Gasteiger charge is -2.11. The Balaban J connectivity index is 2.51. The minimum atomic E-state index is -0.547. The number of carbonyl (C=O) groups is 1. The molecular weight excluding hydrogens is 406 g/mol. The van der Waals surface area contributed by atoms with E-state index in [1.54, 1.807) is 24.7 Å². The van der Waals surface area contributed by atoms with Crippen molar-refractivity contribution in [3.05, 3.63) is 33.1 Å². The monoisotopic (exact) mass is 417 g/mol. The number of halogens is 2. The van der Waals surface area contributed by atoms with Crippen LogP contribution < -0.4 is 10.5 Å². The molecule has 0 saturated carbocycles. The number of benzene rings is 1. The van der Waals surface area contributed by atoms with E-state index in [-0.39, 0.29) is 18.1 Å². The second-order valence-corrected chi connectivity index (χ2v) is 5.72. The molecule has 2 aromatic rings. The number of nitrogen functional groups attached to an aromatic ring is 1. The number of methoxy groups -OCH3 is 1.